The molecule has 2 aliphatic rings. The quantitative estimate of drug-likeness (QED) is 0.702. The van der Waals surface area contributed by atoms with Crippen molar-refractivity contribution in [2.24, 2.45) is 22.7 Å². The second kappa shape index (κ2) is 3.86. The van der Waals surface area contributed by atoms with Crippen molar-refractivity contribution in [1.82, 2.24) is 0 Å². The lowest BCUT2D eigenvalue weighted by molar-refractivity contribution is -0.150. The number of aliphatic carboxylic acids is 1. The first-order valence-corrected chi connectivity index (χ1v) is 6.70. The summed E-state index contributed by atoms with van der Waals surface area (Å²) in [6, 6.07) is 0. The normalized spacial score (nSPS) is 40.8. The van der Waals surface area contributed by atoms with Gasteiger partial charge in [0.2, 0.25) is 0 Å². The molecule has 0 spiro atoms. The second-order valence-electron chi connectivity index (χ2n) is 6.85. The number of carbonyl (C=O) groups is 1. The molecular weight excluding hydrogens is 212 g/mol. The van der Waals surface area contributed by atoms with Crippen LogP contribution in [0, 0.1) is 22.7 Å². The second-order valence-corrected chi connectivity index (χ2v) is 6.85. The summed E-state index contributed by atoms with van der Waals surface area (Å²) in [5, 5.41) is 9.55. The average molecular weight is 236 g/mol. The van der Waals surface area contributed by atoms with E-state index in [-0.39, 0.29) is 11.3 Å². The Hall–Kier alpha value is -0.790. The van der Waals surface area contributed by atoms with Crippen molar-refractivity contribution in [2.75, 3.05) is 0 Å². The Morgan fingerprint density at radius 1 is 1.35 bits per heavy atom. The first-order valence-electron chi connectivity index (χ1n) is 6.70. The number of carboxylic acid groups (broad SMARTS) is 1. The largest absolute Gasteiger partial charge is 0.481 e. The van der Waals surface area contributed by atoms with Crippen LogP contribution >= 0.6 is 0 Å². The smallest absolute Gasteiger partial charge is 0.309 e. The van der Waals surface area contributed by atoms with Crippen molar-refractivity contribution >= 4 is 5.97 Å². The molecule has 0 heterocycles. The van der Waals surface area contributed by atoms with Crippen LogP contribution in [0.3, 0.4) is 0 Å². The molecule has 2 saturated carbocycles. The van der Waals surface area contributed by atoms with Crippen LogP contribution in [-0.2, 0) is 4.79 Å². The fourth-order valence-corrected chi connectivity index (χ4v) is 4.15. The third-order valence-corrected chi connectivity index (χ3v) is 5.31. The van der Waals surface area contributed by atoms with E-state index in [1.165, 1.54) is 12.0 Å². The molecular formula is C15H24O2. The highest BCUT2D eigenvalue weighted by molar-refractivity contribution is 5.75. The highest BCUT2D eigenvalue weighted by Crippen LogP contribution is 2.59. The van der Waals surface area contributed by atoms with Crippen molar-refractivity contribution < 1.29 is 9.90 Å². The van der Waals surface area contributed by atoms with Gasteiger partial charge in [-0.3, -0.25) is 4.79 Å². The van der Waals surface area contributed by atoms with Crippen LogP contribution in [0.5, 0.6) is 0 Å². The summed E-state index contributed by atoms with van der Waals surface area (Å²) in [4.78, 5) is 11.6. The lowest BCUT2D eigenvalue weighted by Crippen LogP contribution is -2.37. The maximum atomic E-state index is 11.6. The van der Waals surface area contributed by atoms with Gasteiger partial charge in [-0.15, -0.1) is 0 Å². The molecule has 0 bridgehead atoms. The minimum Gasteiger partial charge on any atom is -0.481 e. The summed E-state index contributed by atoms with van der Waals surface area (Å²) in [7, 11) is 0. The summed E-state index contributed by atoms with van der Waals surface area (Å²) in [6.45, 7) is 10.7. The van der Waals surface area contributed by atoms with Crippen LogP contribution in [0.25, 0.3) is 0 Å². The zero-order chi connectivity index (χ0) is 12.8. The Kier molecular flexibility index (Phi) is 2.87. The van der Waals surface area contributed by atoms with Gasteiger partial charge in [-0.1, -0.05) is 26.0 Å². The molecule has 2 nitrogen and oxygen atoms in total. The lowest BCUT2D eigenvalue weighted by Gasteiger charge is -2.37. The van der Waals surface area contributed by atoms with Crippen LogP contribution in [0.15, 0.2) is 12.2 Å². The maximum absolute atomic E-state index is 11.6. The van der Waals surface area contributed by atoms with Gasteiger partial charge in [0.05, 0.1) is 5.41 Å². The third kappa shape index (κ3) is 1.82. The van der Waals surface area contributed by atoms with Gasteiger partial charge in [-0.25, -0.2) is 0 Å². The zero-order valence-electron chi connectivity index (χ0n) is 11.3. The molecule has 0 saturated heterocycles. The molecule has 2 rings (SSSR count). The van der Waals surface area contributed by atoms with Crippen LogP contribution in [-0.4, -0.2) is 11.1 Å². The molecule has 96 valence electrons. The van der Waals surface area contributed by atoms with Crippen molar-refractivity contribution in [1.29, 1.82) is 0 Å². The minimum atomic E-state index is -0.635. The van der Waals surface area contributed by atoms with Crippen LogP contribution in [0.1, 0.15) is 52.9 Å². The maximum Gasteiger partial charge on any atom is 0.309 e. The van der Waals surface area contributed by atoms with E-state index in [4.69, 9.17) is 0 Å². The Labute approximate surface area is 104 Å². The van der Waals surface area contributed by atoms with Gasteiger partial charge in [0.1, 0.15) is 0 Å². The van der Waals surface area contributed by atoms with E-state index in [0.717, 1.165) is 25.7 Å². The van der Waals surface area contributed by atoms with E-state index in [1.54, 1.807) is 0 Å². The SMILES string of the molecule is C=C1CCCC(C)(C)[C@@H]2CC[C@@](C)(C(=O)O)[C@H]12. The van der Waals surface area contributed by atoms with Gasteiger partial charge in [-0.2, -0.15) is 0 Å². The average Bonchev–Trinajstić information content (AvgIpc) is 2.52. The number of rotatable bonds is 1. The van der Waals surface area contributed by atoms with E-state index in [9.17, 15) is 9.90 Å². The molecule has 0 aromatic heterocycles. The monoisotopic (exact) mass is 236 g/mol. The number of hydrogen-bond acceptors (Lipinski definition) is 1. The topological polar surface area (TPSA) is 37.3 Å². The highest BCUT2D eigenvalue weighted by atomic mass is 16.4. The molecule has 3 atom stereocenters. The Bertz CT molecular complexity index is 356. The first kappa shape index (κ1) is 12.7. The fraction of sp³-hybridized carbons (Fsp3) is 0.800. The standard InChI is InChI=1S/C15H24O2/c1-10-6-5-8-14(2,3)11-7-9-15(4,12(10)11)13(16)17/h11-12H,1,5-9H2,2-4H3,(H,16,17)/t11-,12-,15-/m1/s1. The Morgan fingerprint density at radius 3 is 2.59 bits per heavy atom. The molecule has 0 unspecified atom stereocenters. The molecule has 2 aliphatic carbocycles. The van der Waals surface area contributed by atoms with E-state index >= 15 is 0 Å². The number of fused-ring (bicyclic) bond motifs is 1. The zero-order valence-corrected chi connectivity index (χ0v) is 11.3. The molecule has 17 heavy (non-hydrogen) atoms. The van der Waals surface area contributed by atoms with Gasteiger partial charge < -0.3 is 5.11 Å². The number of allylic oxidation sites excluding steroid dienone is 1. The van der Waals surface area contributed by atoms with Crippen molar-refractivity contribution in [3.05, 3.63) is 12.2 Å². The van der Waals surface area contributed by atoms with E-state index in [0.29, 0.717) is 5.92 Å². The number of hydrogen-bond donors (Lipinski definition) is 1. The van der Waals surface area contributed by atoms with Crippen LogP contribution < -0.4 is 0 Å². The molecule has 0 aromatic carbocycles. The van der Waals surface area contributed by atoms with E-state index in [1.807, 2.05) is 6.92 Å². The molecule has 1 N–H and O–H groups in total. The van der Waals surface area contributed by atoms with Gasteiger partial charge in [0, 0.05) is 0 Å². The van der Waals surface area contributed by atoms with Crippen molar-refractivity contribution in [2.45, 2.75) is 52.9 Å². The van der Waals surface area contributed by atoms with Gasteiger partial charge in [-0.05, 0) is 56.3 Å². The molecule has 0 aromatic rings. The summed E-state index contributed by atoms with van der Waals surface area (Å²) in [5.74, 6) is 0.0416. The lowest BCUT2D eigenvalue weighted by atomic mass is 9.66. The Morgan fingerprint density at radius 2 is 2.00 bits per heavy atom. The molecule has 0 radical (unpaired) electrons. The molecule has 0 amide bonds. The predicted molar refractivity (Wildman–Crippen MR) is 68.7 cm³/mol. The van der Waals surface area contributed by atoms with Crippen molar-refractivity contribution in [3.8, 4) is 0 Å². The van der Waals surface area contributed by atoms with Crippen molar-refractivity contribution in [3.63, 3.8) is 0 Å². The van der Waals surface area contributed by atoms with Gasteiger partial charge in [0.15, 0.2) is 0 Å². The fourth-order valence-electron chi connectivity index (χ4n) is 4.15. The summed E-state index contributed by atoms with van der Waals surface area (Å²) in [5.41, 5.74) is 0.865. The van der Waals surface area contributed by atoms with Gasteiger partial charge >= 0.3 is 5.97 Å². The third-order valence-electron chi connectivity index (χ3n) is 5.31. The minimum absolute atomic E-state index is 0.178. The summed E-state index contributed by atoms with van der Waals surface area (Å²) < 4.78 is 0. The number of carboxylic acids is 1. The first-order chi connectivity index (χ1) is 7.79. The summed E-state index contributed by atoms with van der Waals surface area (Å²) >= 11 is 0. The van der Waals surface area contributed by atoms with Gasteiger partial charge in [0.25, 0.3) is 0 Å². The van der Waals surface area contributed by atoms with Crippen LogP contribution in [0.2, 0.25) is 0 Å². The summed E-state index contributed by atoms with van der Waals surface area (Å²) in [6.07, 6.45) is 5.21. The van der Waals surface area contributed by atoms with Crippen LogP contribution in [0.4, 0.5) is 0 Å². The predicted octanol–water partition coefficient (Wildman–Crippen LogP) is 3.87. The molecule has 2 heteroatoms. The molecule has 2 fully saturated rings. The van der Waals surface area contributed by atoms with E-state index < -0.39 is 11.4 Å². The molecule has 0 aliphatic heterocycles. The Balaban J connectivity index is 2.42. The van der Waals surface area contributed by atoms with E-state index in [2.05, 4.69) is 20.4 Å². The highest BCUT2D eigenvalue weighted by Gasteiger charge is 2.55.